The second-order valence-corrected chi connectivity index (χ2v) is 6.09. The third-order valence-electron chi connectivity index (χ3n) is 3.64. The molecule has 116 valence electrons. The molecule has 0 saturated carbocycles. The third kappa shape index (κ3) is 3.08. The predicted octanol–water partition coefficient (Wildman–Crippen LogP) is 2.51. The molecule has 1 aliphatic heterocycles. The van der Waals surface area contributed by atoms with Crippen molar-refractivity contribution in [2.75, 3.05) is 27.4 Å². The van der Waals surface area contributed by atoms with Crippen LogP contribution in [-0.2, 0) is 0 Å². The Morgan fingerprint density at radius 1 is 1.32 bits per heavy atom. The number of thiophene rings is 1. The fourth-order valence-corrected chi connectivity index (χ4v) is 3.10. The first-order valence-corrected chi connectivity index (χ1v) is 7.96. The second-order valence-electron chi connectivity index (χ2n) is 5.31. The van der Waals surface area contributed by atoms with Gasteiger partial charge in [0.25, 0.3) is 5.91 Å². The van der Waals surface area contributed by atoms with Gasteiger partial charge in [-0.05, 0) is 54.7 Å². The Morgan fingerprint density at radius 2 is 2.14 bits per heavy atom. The molecule has 1 aromatic carbocycles. The van der Waals surface area contributed by atoms with E-state index < -0.39 is 0 Å². The minimum Gasteiger partial charge on any atom is -0.454 e. The molecule has 1 atom stereocenters. The van der Waals surface area contributed by atoms with Crippen molar-refractivity contribution in [1.29, 1.82) is 0 Å². The number of carbonyl (C=O) groups excluding carboxylic acids is 1. The molecule has 2 aromatic rings. The molecule has 6 heteroatoms. The molecular formula is C16H18N2O3S. The maximum atomic E-state index is 12.3. The lowest BCUT2D eigenvalue weighted by molar-refractivity contribution is 0.0941. The van der Waals surface area contributed by atoms with Gasteiger partial charge in [0.2, 0.25) is 6.79 Å². The summed E-state index contributed by atoms with van der Waals surface area (Å²) in [5.74, 6) is 1.19. The highest BCUT2D eigenvalue weighted by atomic mass is 32.1. The van der Waals surface area contributed by atoms with Gasteiger partial charge < -0.3 is 19.7 Å². The van der Waals surface area contributed by atoms with E-state index in [-0.39, 0.29) is 18.7 Å². The van der Waals surface area contributed by atoms with Crippen LogP contribution in [0.15, 0.2) is 35.0 Å². The number of nitrogens with zero attached hydrogens (tertiary/aromatic N) is 1. The molecule has 0 spiro atoms. The molecule has 2 heterocycles. The molecule has 3 rings (SSSR count). The van der Waals surface area contributed by atoms with Gasteiger partial charge >= 0.3 is 0 Å². The smallest absolute Gasteiger partial charge is 0.251 e. The Bertz CT molecular complexity index is 655. The number of benzene rings is 1. The first-order valence-electron chi connectivity index (χ1n) is 7.01. The van der Waals surface area contributed by atoms with Crippen LogP contribution in [0.2, 0.25) is 0 Å². The molecule has 0 saturated heterocycles. The molecule has 5 nitrogen and oxygen atoms in total. The van der Waals surface area contributed by atoms with E-state index in [0.29, 0.717) is 23.6 Å². The van der Waals surface area contributed by atoms with Crippen molar-refractivity contribution in [3.05, 3.63) is 46.2 Å². The Balaban J connectivity index is 1.66. The van der Waals surface area contributed by atoms with Crippen LogP contribution in [0.4, 0.5) is 0 Å². The van der Waals surface area contributed by atoms with Gasteiger partial charge in [-0.25, -0.2) is 0 Å². The number of hydrogen-bond donors (Lipinski definition) is 1. The summed E-state index contributed by atoms with van der Waals surface area (Å²) >= 11 is 1.66. The maximum absolute atomic E-state index is 12.3. The minimum atomic E-state index is -0.111. The molecule has 22 heavy (non-hydrogen) atoms. The van der Waals surface area contributed by atoms with Crippen molar-refractivity contribution in [3.63, 3.8) is 0 Å². The maximum Gasteiger partial charge on any atom is 0.251 e. The van der Waals surface area contributed by atoms with Gasteiger partial charge in [0.15, 0.2) is 11.5 Å². The second kappa shape index (κ2) is 6.37. The van der Waals surface area contributed by atoms with Crippen LogP contribution in [0.5, 0.6) is 11.5 Å². The van der Waals surface area contributed by atoms with Crippen LogP contribution in [0.3, 0.4) is 0 Å². The van der Waals surface area contributed by atoms with Gasteiger partial charge in [-0.3, -0.25) is 4.79 Å². The van der Waals surface area contributed by atoms with Gasteiger partial charge in [-0.2, -0.15) is 11.3 Å². The third-order valence-corrected chi connectivity index (χ3v) is 4.34. The van der Waals surface area contributed by atoms with E-state index in [1.807, 2.05) is 19.5 Å². The molecular weight excluding hydrogens is 300 g/mol. The average molecular weight is 318 g/mol. The Kier molecular flexibility index (Phi) is 4.31. The number of carbonyl (C=O) groups is 1. The molecule has 1 amide bonds. The van der Waals surface area contributed by atoms with Crippen LogP contribution >= 0.6 is 11.3 Å². The van der Waals surface area contributed by atoms with E-state index in [1.54, 1.807) is 29.5 Å². The summed E-state index contributed by atoms with van der Waals surface area (Å²) in [6.07, 6.45) is 0. The predicted molar refractivity (Wildman–Crippen MR) is 85.6 cm³/mol. The number of nitrogens with one attached hydrogen (secondary N) is 1. The molecule has 0 aliphatic carbocycles. The van der Waals surface area contributed by atoms with Crippen LogP contribution in [0, 0.1) is 0 Å². The Labute approximate surface area is 133 Å². The number of hydrogen-bond acceptors (Lipinski definition) is 5. The van der Waals surface area contributed by atoms with Crippen LogP contribution in [0.1, 0.15) is 22.0 Å². The largest absolute Gasteiger partial charge is 0.454 e. The summed E-state index contributed by atoms with van der Waals surface area (Å²) in [6.45, 7) is 0.762. The lowest BCUT2D eigenvalue weighted by atomic mass is 10.1. The number of amides is 1. The van der Waals surface area contributed by atoms with Gasteiger partial charge in [-0.1, -0.05) is 0 Å². The highest BCUT2D eigenvalue weighted by Gasteiger charge is 2.19. The molecule has 0 bridgehead atoms. The molecule has 0 radical (unpaired) electrons. The summed E-state index contributed by atoms with van der Waals surface area (Å²) in [5.41, 5.74) is 1.79. The monoisotopic (exact) mass is 318 g/mol. The van der Waals surface area contributed by atoms with E-state index >= 15 is 0 Å². The molecule has 1 N–H and O–H groups in total. The number of likely N-dealkylation sites (N-methyl/N-ethyl adjacent to an activating group) is 1. The molecule has 1 aromatic heterocycles. The van der Waals surface area contributed by atoms with E-state index in [0.717, 1.165) is 0 Å². The fourth-order valence-electron chi connectivity index (χ4n) is 2.39. The lowest BCUT2D eigenvalue weighted by Gasteiger charge is -2.24. The Morgan fingerprint density at radius 3 is 2.86 bits per heavy atom. The van der Waals surface area contributed by atoms with Crippen molar-refractivity contribution in [3.8, 4) is 11.5 Å². The van der Waals surface area contributed by atoms with Crippen molar-refractivity contribution in [2.24, 2.45) is 0 Å². The fraction of sp³-hybridized carbons (Fsp3) is 0.312. The van der Waals surface area contributed by atoms with E-state index in [9.17, 15) is 4.79 Å². The van der Waals surface area contributed by atoms with E-state index in [1.165, 1.54) is 5.56 Å². The van der Waals surface area contributed by atoms with Crippen molar-refractivity contribution >= 4 is 17.2 Å². The summed E-state index contributed by atoms with van der Waals surface area (Å²) in [4.78, 5) is 14.4. The van der Waals surface area contributed by atoms with Crippen molar-refractivity contribution < 1.29 is 14.3 Å². The highest BCUT2D eigenvalue weighted by molar-refractivity contribution is 7.07. The normalized spacial score (nSPS) is 14.1. The summed E-state index contributed by atoms with van der Waals surface area (Å²) in [7, 11) is 4.02. The standard InChI is InChI=1S/C16H18N2O3S/c1-18(2)13(12-5-6-22-9-12)8-17-16(19)11-3-4-14-15(7-11)21-10-20-14/h3-7,9,13H,8,10H2,1-2H3,(H,17,19)/t13-/m1/s1. The van der Waals surface area contributed by atoms with Gasteiger partial charge in [0.05, 0.1) is 6.04 Å². The summed E-state index contributed by atoms with van der Waals surface area (Å²) in [6, 6.07) is 7.47. The van der Waals surface area contributed by atoms with Crippen LogP contribution in [0.25, 0.3) is 0 Å². The zero-order valence-electron chi connectivity index (χ0n) is 12.5. The summed E-state index contributed by atoms with van der Waals surface area (Å²) < 4.78 is 10.6. The lowest BCUT2D eigenvalue weighted by Crippen LogP contribution is -2.34. The quantitative estimate of drug-likeness (QED) is 0.920. The van der Waals surface area contributed by atoms with Gasteiger partial charge in [0.1, 0.15) is 0 Å². The first kappa shape index (κ1) is 14.9. The first-order chi connectivity index (χ1) is 10.6. The van der Waals surface area contributed by atoms with Crippen LogP contribution < -0.4 is 14.8 Å². The molecule has 1 aliphatic rings. The van der Waals surface area contributed by atoms with Crippen molar-refractivity contribution in [1.82, 2.24) is 10.2 Å². The average Bonchev–Trinajstić information content (AvgIpc) is 3.17. The van der Waals surface area contributed by atoms with Gasteiger partial charge in [0, 0.05) is 12.1 Å². The van der Waals surface area contributed by atoms with E-state index in [4.69, 9.17) is 9.47 Å². The van der Waals surface area contributed by atoms with E-state index in [2.05, 4.69) is 21.7 Å². The number of ether oxygens (including phenoxy) is 2. The number of fused-ring (bicyclic) bond motifs is 1. The minimum absolute atomic E-state index is 0.111. The SMILES string of the molecule is CN(C)[C@H](CNC(=O)c1ccc2c(c1)OCO2)c1ccsc1. The molecule has 0 unspecified atom stereocenters. The van der Waals surface area contributed by atoms with Crippen LogP contribution in [-0.4, -0.2) is 38.2 Å². The van der Waals surface area contributed by atoms with Crippen molar-refractivity contribution in [2.45, 2.75) is 6.04 Å². The topological polar surface area (TPSA) is 50.8 Å². The van der Waals surface area contributed by atoms with Gasteiger partial charge in [-0.15, -0.1) is 0 Å². The highest BCUT2D eigenvalue weighted by Crippen LogP contribution is 2.32. The Hall–Kier alpha value is -2.05. The zero-order chi connectivity index (χ0) is 15.5. The number of rotatable bonds is 5. The molecule has 0 fully saturated rings. The zero-order valence-corrected chi connectivity index (χ0v) is 13.4. The summed E-state index contributed by atoms with van der Waals surface area (Å²) in [5, 5.41) is 7.14.